The first kappa shape index (κ1) is 29.3. The zero-order valence-electron chi connectivity index (χ0n) is 25.6. The van der Waals surface area contributed by atoms with E-state index in [1.165, 1.54) is 20.0 Å². The van der Waals surface area contributed by atoms with E-state index in [0.29, 0.717) is 24.8 Å². The minimum atomic E-state index is -1.14. The molecule has 1 atom stereocenters. The largest absolute Gasteiger partial charge is 0.495 e. The molecule has 3 heterocycles. The van der Waals surface area contributed by atoms with Crippen LogP contribution >= 0.6 is 0 Å². The van der Waals surface area contributed by atoms with Crippen LogP contribution in [0.1, 0.15) is 106 Å². The van der Waals surface area contributed by atoms with E-state index in [1.54, 1.807) is 7.11 Å². The van der Waals surface area contributed by atoms with Crippen molar-refractivity contribution in [2.75, 3.05) is 14.2 Å². The molecule has 3 saturated carbocycles. The molecule has 3 aromatic heterocycles. The van der Waals surface area contributed by atoms with Gasteiger partial charge in [-0.2, -0.15) is 5.10 Å². The van der Waals surface area contributed by atoms with Crippen LogP contribution in [0.2, 0.25) is 0 Å². The van der Waals surface area contributed by atoms with Crippen LogP contribution < -0.4 is 10.1 Å². The van der Waals surface area contributed by atoms with Crippen molar-refractivity contribution in [2.24, 2.45) is 11.3 Å². The second kappa shape index (κ2) is 12.5. The predicted molar refractivity (Wildman–Crippen MR) is 162 cm³/mol. The number of aryl methyl sites for hydroxylation is 1. The van der Waals surface area contributed by atoms with Gasteiger partial charge in [-0.1, -0.05) is 19.3 Å². The first-order chi connectivity index (χ1) is 20.9. The summed E-state index contributed by atoms with van der Waals surface area (Å²) >= 11 is 0. The zero-order valence-corrected chi connectivity index (χ0v) is 25.6. The van der Waals surface area contributed by atoms with Gasteiger partial charge in [0, 0.05) is 29.6 Å². The van der Waals surface area contributed by atoms with Crippen molar-refractivity contribution in [1.82, 2.24) is 25.1 Å². The molecule has 0 bridgehead atoms. The number of hydrogen-bond donors (Lipinski definition) is 1. The summed E-state index contributed by atoms with van der Waals surface area (Å²) < 4.78 is 12.7. The zero-order chi connectivity index (χ0) is 30.0. The van der Waals surface area contributed by atoms with Gasteiger partial charge < -0.3 is 14.8 Å². The molecule has 43 heavy (non-hydrogen) atoms. The molecule has 9 nitrogen and oxygen atoms in total. The molecular weight excluding hydrogens is 542 g/mol. The van der Waals surface area contributed by atoms with E-state index in [1.807, 2.05) is 36.1 Å². The van der Waals surface area contributed by atoms with E-state index in [9.17, 15) is 9.59 Å². The minimum Gasteiger partial charge on any atom is -0.495 e. The van der Waals surface area contributed by atoms with Crippen molar-refractivity contribution in [3.63, 3.8) is 0 Å². The number of amides is 1. The van der Waals surface area contributed by atoms with Gasteiger partial charge in [-0.25, -0.2) is 0 Å². The van der Waals surface area contributed by atoms with Gasteiger partial charge in [0.15, 0.2) is 0 Å². The monoisotopic (exact) mass is 585 g/mol. The molecule has 0 radical (unpaired) electrons. The second-order valence-corrected chi connectivity index (χ2v) is 12.6. The van der Waals surface area contributed by atoms with E-state index in [4.69, 9.17) is 19.4 Å². The maximum Gasteiger partial charge on any atom is 0.321 e. The van der Waals surface area contributed by atoms with Gasteiger partial charge in [-0.15, -0.1) is 0 Å². The van der Waals surface area contributed by atoms with Crippen molar-refractivity contribution < 1.29 is 19.1 Å². The van der Waals surface area contributed by atoms with Crippen LogP contribution in [0.4, 0.5) is 0 Å². The Morgan fingerprint density at radius 3 is 2.44 bits per heavy atom. The highest BCUT2D eigenvalue weighted by Crippen LogP contribution is 2.43. The third-order valence-corrected chi connectivity index (χ3v) is 9.90. The molecule has 0 aliphatic heterocycles. The molecule has 0 spiro atoms. The fraction of sp³-hybridized carbons (Fsp3) is 0.559. The summed E-state index contributed by atoms with van der Waals surface area (Å²) in [7, 11) is 3.05. The van der Waals surface area contributed by atoms with Crippen molar-refractivity contribution in [1.29, 1.82) is 0 Å². The molecule has 6 rings (SSSR count). The summed E-state index contributed by atoms with van der Waals surface area (Å²) in [5, 5.41) is 7.95. The summed E-state index contributed by atoms with van der Waals surface area (Å²) in [5.74, 6) is 0.671. The third kappa shape index (κ3) is 6.04. The number of nitrogens with zero attached hydrogens (tertiary/aromatic N) is 4. The lowest BCUT2D eigenvalue weighted by Gasteiger charge is -2.38. The Balaban J connectivity index is 1.27. The number of carbonyl (C=O) groups is 2. The molecular formula is C34H43N5O4. The van der Waals surface area contributed by atoms with Gasteiger partial charge >= 0.3 is 5.97 Å². The number of ether oxygens (including phenoxy) is 2. The smallest absolute Gasteiger partial charge is 0.321 e. The Kier molecular flexibility index (Phi) is 8.50. The van der Waals surface area contributed by atoms with Crippen LogP contribution in [0.3, 0.4) is 0 Å². The number of esters is 1. The van der Waals surface area contributed by atoms with Gasteiger partial charge in [0.05, 0.1) is 43.9 Å². The normalized spacial score (nSPS) is 22.4. The van der Waals surface area contributed by atoms with Crippen LogP contribution in [0, 0.1) is 18.3 Å². The van der Waals surface area contributed by atoms with Crippen LogP contribution in [0.5, 0.6) is 5.75 Å². The van der Waals surface area contributed by atoms with Gasteiger partial charge in [0.2, 0.25) is 5.91 Å². The average Bonchev–Trinajstić information content (AvgIpc) is 3.79. The average molecular weight is 586 g/mol. The Morgan fingerprint density at radius 1 is 1.00 bits per heavy atom. The SMILES string of the molecule is COC(=O)C1(C(=O)NC(c2cc(-c3cnn(C4CC4)c3)ccn2)C2CCC(c3ccc(OC)c(C)n3)CC2)CCCCC1. The van der Waals surface area contributed by atoms with Gasteiger partial charge in [0.25, 0.3) is 0 Å². The van der Waals surface area contributed by atoms with Crippen molar-refractivity contribution in [3.05, 3.63) is 59.9 Å². The summed E-state index contributed by atoms with van der Waals surface area (Å²) in [6, 6.07) is 8.36. The Hall–Kier alpha value is -3.75. The topological polar surface area (TPSA) is 108 Å². The van der Waals surface area contributed by atoms with Gasteiger partial charge in [0.1, 0.15) is 11.2 Å². The Bertz CT molecular complexity index is 1450. The van der Waals surface area contributed by atoms with Crippen LogP contribution in [-0.4, -0.2) is 45.8 Å². The number of aromatic nitrogens is 4. The van der Waals surface area contributed by atoms with Gasteiger partial charge in [-0.3, -0.25) is 24.2 Å². The quantitative estimate of drug-likeness (QED) is 0.234. The number of rotatable bonds is 9. The lowest BCUT2D eigenvalue weighted by molar-refractivity contribution is -0.161. The van der Waals surface area contributed by atoms with E-state index in [2.05, 4.69) is 28.7 Å². The molecule has 0 aromatic carbocycles. The van der Waals surface area contributed by atoms with Crippen LogP contribution in [0.25, 0.3) is 11.1 Å². The molecule has 1 amide bonds. The molecule has 3 aliphatic carbocycles. The first-order valence-electron chi connectivity index (χ1n) is 15.8. The lowest BCUT2D eigenvalue weighted by Crippen LogP contribution is -2.50. The van der Waals surface area contributed by atoms with E-state index < -0.39 is 11.4 Å². The Labute approximate surface area is 253 Å². The van der Waals surface area contributed by atoms with Gasteiger partial charge in [-0.05, 0) is 94.0 Å². The van der Waals surface area contributed by atoms with E-state index in [-0.39, 0.29) is 17.9 Å². The predicted octanol–water partition coefficient (Wildman–Crippen LogP) is 6.25. The van der Waals surface area contributed by atoms with Crippen molar-refractivity contribution in [3.8, 4) is 16.9 Å². The summed E-state index contributed by atoms with van der Waals surface area (Å²) in [6.07, 6.45) is 15.7. The first-order valence-corrected chi connectivity index (χ1v) is 15.8. The van der Waals surface area contributed by atoms with Crippen molar-refractivity contribution >= 4 is 11.9 Å². The van der Waals surface area contributed by atoms with Crippen LogP contribution in [0.15, 0.2) is 42.9 Å². The standard InChI is InChI=1S/C34H43N5O4/c1-22-30(42-2)14-13-28(37-22)23-7-9-24(10-8-23)31(38-32(40)34(33(41)43-3)16-5-4-6-17-34)29-19-25(15-18-35-29)26-20-36-39(21-26)27-11-12-27/h13-15,18-21,23-24,27,31H,4-12,16-17H2,1-3H3,(H,38,40). The fourth-order valence-electron chi connectivity index (χ4n) is 7.17. The highest BCUT2D eigenvalue weighted by atomic mass is 16.5. The maximum absolute atomic E-state index is 14.1. The highest BCUT2D eigenvalue weighted by molar-refractivity contribution is 6.03. The number of nitrogens with one attached hydrogen (secondary N) is 1. The molecule has 1 N–H and O–H groups in total. The number of hydrogen-bond acceptors (Lipinski definition) is 7. The molecule has 3 fully saturated rings. The van der Waals surface area contributed by atoms with E-state index in [0.717, 1.165) is 78.9 Å². The Morgan fingerprint density at radius 2 is 1.77 bits per heavy atom. The molecule has 3 aromatic rings. The van der Waals surface area contributed by atoms with Crippen molar-refractivity contribution in [2.45, 2.75) is 95.6 Å². The lowest BCUT2D eigenvalue weighted by atomic mass is 9.72. The molecule has 1 unspecified atom stereocenters. The molecule has 3 aliphatic rings. The minimum absolute atomic E-state index is 0.176. The molecule has 0 saturated heterocycles. The summed E-state index contributed by atoms with van der Waals surface area (Å²) in [6.45, 7) is 1.98. The highest BCUT2D eigenvalue weighted by Gasteiger charge is 2.49. The summed E-state index contributed by atoms with van der Waals surface area (Å²) in [4.78, 5) is 36.8. The maximum atomic E-state index is 14.1. The molecule has 9 heteroatoms. The molecule has 228 valence electrons. The summed E-state index contributed by atoms with van der Waals surface area (Å²) in [5.41, 5.74) is 3.75. The number of methoxy groups -OCH3 is 2. The third-order valence-electron chi connectivity index (χ3n) is 9.90. The fourth-order valence-corrected chi connectivity index (χ4v) is 7.17. The second-order valence-electron chi connectivity index (χ2n) is 12.6. The van der Waals surface area contributed by atoms with Crippen LogP contribution in [-0.2, 0) is 14.3 Å². The van der Waals surface area contributed by atoms with E-state index >= 15 is 0 Å². The number of pyridine rings is 2. The number of carbonyl (C=O) groups excluding carboxylic acids is 2.